The first-order chi connectivity index (χ1) is 24.4. The van der Waals surface area contributed by atoms with Gasteiger partial charge in [0.1, 0.15) is 30.5 Å². The van der Waals surface area contributed by atoms with Crippen LogP contribution in [0.5, 0.6) is 0 Å². The molecule has 288 valence electrons. The molecule has 0 aromatic rings. The minimum absolute atomic E-state index is 0.123. The fourth-order valence-corrected chi connectivity index (χ4v) is 5.40. The molecule has 0 aromatic carbocycles. The van der Waals surface area contributed by atoms with Gasteiger partial charge in [0.2, 0.25) is 0 Å². The van der Waals surface area contributed by atoms with Crippen molar-refractivity contribution in [3.63, 3.8) is 0 Å². The highest BCUT2D eigenvalue weighted by atomic mass is 16.7. The lowest BCUT2D eigenvalue weighted by Crippen LogP contribution is -2.59. The Morgan fingerprint density at radius 1 is 0.660 bits per heavy atom. The summed E-state index contributed by atoms with van der Waals surface area (Å²) >= 11 is 0. The molecule has 6 atom stereocenters. The third kappa shape index (κ3) is 24.1. The minimum Gasteiger partial charge on any atom is -0.457 e. The van der Waals surface area contributed by atoms with Crippen molar-refractivity contribution >= 4 is 5.97 Å². The van der Waals surface area contributed by atoms with E-state index in [1.165, 1.54) is 19.3 Å². The maximum absolute atomic E-state index is 12.5. The highest BCUT2D eigenvalue weighted by molar-refractivity contribution is 5.69. The van der Waals surface area contributed by atoms with Crippen molar-refractivity contribution in [2.45, 2.75) is 166 Å². The molecule has 0 saturated carbocycles. The van der Waals surface area contributed by atoms with Crippen LogP contribution in [0.1, 0.15) is 129 Å². The van der Waals surface area contributed by atoms with Crippen LogP contribution in [0.3, 0.4) is 0 Å². The van der Waals surface area contributed by atoms with Gasteiger partial charge in [-0.25, -0.2) is 0 Å². The number of esters is 1. The third-order valence-electron chi connectivity index (χ3n) is 8.45. The van der Waals surface area contributed by atoms with Crippen molar-refractivity contribution < 1.29 is 44.2 Å². The summed E-state index contributed by atoms with van der Waals surface area (Å²) in [7, 11) is 0. The predicted molar refractivity (Wildman–Crippen MR) is 201 cm³/mol. The average molecular weight is 707 g/mol. The first-order valence-electron chi connectivity index (χ1n) is 19.4. The Balaban J connectivity index is 2.21. The number of aliphatic hydroxyl groups is 4. The lowest BCUT2D eigenvalue weighted by Gasteiger charge is -2.39. The summed E-state index contributed by atoms with van der Waals surface area (Å²) in [6.07, 6.45) is 32.9. The van der Waals surface area contributed by atoms with Gasteiger partial charge in [0.25, 0.3) is 0 Å². The van der Waals surface area contributed by atoms with Gasteiger partial charge >= 0.3 is 5.97 Å². The fraction of sp³-hybridized carbons (Fsp3) is 0.732. The summed E-state index contributed by atoms with van der Waals surface area (Å²) < 4.78 is 22.5. The molecule has 6 unspecified atom stereocenters. The maximum atomic E-state index is 12.5. The number of carbonyl (C=O) groups excluding carboxylic acids is 1. The van der Waals surface area contributed by atoms with Gasteiger partial charge in [-0.3, -0.25) is 4.79 Å². The second kappa shape index (κ2) is 32.8. The molecular formula is C41H70O9. The largest absolute Gasteiger partial charge is 0.457 e. The topological polar surface area (TPSA) is 135 Å². The molecule has 0 aliphatic carbocycles. The van der Waals surface area contributed by atoms with Gasteiger partial charge < -0.3 is 39.4 Å². The van der Waals surface area contributed by atoms with Gasteiger partial charge in [-0.1, -0.05) is 126 Å². The van der Waals surface area contributed by atoms with Gasteiger partial charge in [-0.2, -0.15) is 0 Å². The van der Waals surface area contributed by atoms with Crippen molar-refractivity contribution in [2.24, 2.45) is 0 Å². The number of rotatable bonds is 31. The lowest BCUT2D eigenvalue weighted by atomic mass is 9.99. The monoisotopic (exact) mass is 707 g/mol. The second-order valence-electron chi connectivity index (χ2n) is 13.0. The van der Waals surface area contributed by atoms with E-state index in [9.17, 15) is 25.2 Å². The van der Waals surface area contributed by atoms with E-state index in [0.29, 0.717) is 13.0 Å². The SMILES string of the molecule is CC/C=C\C/C=C\C/C=C\C/C=C\C/C=C\CCCCCCCCOCC(COC1OC(CO)C(O)C(O)C1O)OC(=O)CCCCCCC. The van der Waals surface area contributed by atoms with E-state index in [-0.39, 0.29) is 19.2 Å². The normalized spacial score (nSPS) is 22.2. The lowest BCUT2D eigenvalue weighted by molar-refractivity contribution is -0.305. The molecule has 9 nitrogen and oxygen atoms in total. The number of ether oxygens (including phenoxy) is 4. The van der Waals surface area contributed by atoms with Crippen molar-refractivity contribution in [1.29, 1.82) is 0 Å². The fourth-order valence-electron chi connectivity index (χ4n) is 5.40. The number of hydrogen-bond donors (Lipinski definition) is 4. The van der Waals surface area contributed by atoms with Crippen LogP contribution >= 0.6 is 0 Å². The summed E-state index contributed by atoms with van der Waals surface area (Å²) in [5.74, 6) is -0.336. The zero-order valence-corrected chi connectivity index (χ0v) is 31.1. The zero-order chi connectivity index (χ0) is 36.5. The Morgan fingerprint density at radius 3 is 1.84 bits per heavy atom. The Hall–Kier alpha value is -2.11. The highest BCUT2D eigenvalue weighted by Gasteiger charge is 2.44. The molecule has 9 heteroatoms. The first-order valence-corrected chi connectivity index (χ1v) is 19.4. The minimum atomic E-state index is -1.54. The summed E-state index contributed by atoms with van der Waals surface area (Å²) in [5.41, 5.74) is 0. The number of allylic oxidation sites excluding steroid dienone is 10. The molecule has 1 heterocycles. The van der Waals surface area contributed by atoms with E-state index < -0.39 is 43.4 Å². The molecule has 1 fully saturated rings. The smallest absolute Gasteiger partial charge is 0.306 e. The van der Waals surface area contributed by atoms with Crippen molar-refractivity contribution in [1.82, 2.24) is 0 Å². The molecule has 0 amide bonds. The molecule has 0 aromatic heterocycles. The molecule has 0 radical (unpaired) electrons. The van der Waals surface area contributed by atoms with Crippen LogP contribution < -0.4 is 0 Å². The molecule has 1 aliphatic heterocycles. The van der Waals surface area contributed by atoms with Crippen molar-refractivity contribution in [3.8, 4) is 0 Å². The molecule has 0 spiro atoms. The van der Waals surface area contributed by atoms with Crippen LogP contribution in [0, 0.1) is 0 Å². The van der Waals surface area contributed by atoms with Crippen LogP contribution in [-0.4, -0.2) is 89.6 Å². The average Bonchev–Trinajstić information content (AvgIpc) is 3.11. The molecular weight excluding hydrogens is 636 g/mol. The van der Waals surface area contributed by atoms with E-state index in [1.807, 2.05) is 0 Å². The standard InChI is InChI=1S/C41H70O9/c1-3-5-7-9-10-11-12-13-14-15-16-17-18-19-20-21-22-23-24-25-27-29-31-47-33-35(49-37(43)30-28-26-8-6-4-2)34-48-41-40(46)39(45)38(44)36(32-42)50-41/h5,7,10-11,13-14,16-17,19-20,35-36,38-42,44-46H,3-4,6,8-9,12,15,18,21-34H2,1-2H3/b7-5-,11-10-,14-13-,17-16-,20-19-. The highest BCUT2D eigenvalue weighted by Crippen LogP contribution is 2.22. The Labute approximate surface area is 303 Å². The molecule has 1 saturated heterocycles. The second-order valence-corrected chi connectivity index (χ2v) is 13.0. The van der Waals surface area contributed by atoms with E-state index in [4.69, 9.17) is 18.9 Å². The van der Waals surface area contributed by atoms with Crippen molar-refractivity contribution in [3.05, 3.63) is 60.8 Å². The van der Waals surface area contributed by atoms with E-state index in [1.54, 1.807) is 0 Å². The quantitative estimate of drug-likeness (QED) is 0.0327. The van der Waals surface area contributed by atoms with E-state index in [0.717, 1.165) is 89.9 Å². The van der Waals surface area contributed by atoms with Crippen LogP contribution in [0.25, 0.3) is 0 Å². The van der Waals surface area contributed by atoms with Gasteiger partial charge in [-0.05, 0) is 57.8 Å². The van der Waals surface area contributed by atoms with Gasteiger partial charge in [0.05, 0.1) is 19.8 Å². The zero-order valence-electron chi connectivity index (χ0n) is 31.1. The van der Waals surface area contributed by atoms with Crippen LogP contribution in [0.15, 0.2) is 60.8 Å². The van der Waals surface area contributed by atoms with Crippen molar-refractivity contribution in [2.75, 3.05) is 26.4 Å². The predicted octanol–water partition coefficient (Wildman–Crippen LogP) is 7.57. The third-order valence-corrected chi connectivity index (χ3v) is 8.45. The molecule has 1 rings (SSSR count). The number of aliphatic hydroxyl groups excluding tert-OH is 4. The maximum Gasteiger partial charge on any atom is 0.306 e. The molecule has 4 N–H and O–H groups in total. The number of unbranched alkanes of at least 4 members (excludes halogenated alkanes) is 10. The molecule has 1 aliphatic rings. The first kappa shape index (κ1) is 45.9. The number of hydrogen-bond acceptors (Lipinski definition) is 9. The number of carbonyl (C=O) groups is 1. The summed E-state index contributed by atoms with van der Waals surface area (Å²) in [5, 5.41) is 39.8. The van der Waals surface area contributed by atoms with E-state index in [2.05, 4.69) is 74.6 Å². The Bertz CT molecular complexity index is 942. The van der Waals surface area contributed by atoms with E-state index >= 15 is 0 Å². The molecule has 50 heavy (non-hydrogen) atoms. The van der Waals surface area contributed by atoms with Gasteiger partial charge in [0.15, 0.2) is 6.29 Å². The van der Waals surface area contributed by atoms with Crippen LogP contribution in [0.4, 0.5) is 0 Å². The van der Waals surface area contributed by atoms with Crippen LogP contribution in [0.2, 0.25) is 0 Å². The summed E-state index contributed by atoms with van der Waals surface area (Å²) in [6, 6.07) is 0. The Kier molecular flexibility index (Phi) is 30.1. The summed E-state index contributed by atoms with van der Waals surface area (Å²) in [4.78, 5) is 12.5. The van der Waals surface area contributed by atoms with Crippen LogP contribution in [-0.2, 0) is 23.7 Å². The molecule has 0 bridgehead atoms. The van der Waals surface area contributed by atoms with Gasteiger partial charge in [0, 0.05) is 13.0 Å². The Morgan fingerprint density at radius 2 is 1.22 bits per heavy atom. The summed E-state index contributed by atoms with van der Waals surface area (Å²) in [6.45, 7) is 4.29. The van der Waals surface area contributed by atoms with Gasteiger partial charge in [-0.15, -0.1) is 0 Å².